The molecular formula is C13H16N2O. The lowest BCUT2D eigenvalue weighted by Gasteiger charge is -2.31. The maximum Gasteiger partial charge on any atom is 0.118 e. The first-order chi connectivity index (χ1) is 7.80. The molecule has 84 valence electrons. The summed E-state index contributed by atoms with van der Waals surface area (Å²) in [5.74, 6) is 0.839. The van der Waals surface area contributed by atoms with Crippen molar-refractivity contribution in [2.45, 2.75) is 18.3 Å². The molecule has 1 aliphatic rings. The lowest BCUT2D eigenvalue weighted by molar-refractivity contribution is 0.381. The average Bonchev–Trinajstić information content (AvgIpc) is 2.39. The van der Waals surface area contributed by atoms with E-state index in [0.717, 1.165) is 37.2 Å². The Hall–Kier alpha value is -1.53. The number of methoxy groups -OCH3 is 1. The average molecular weight is 216 g/mol. The van der Waals surface area contributed by atoms with Gasteiger partial charge < -0.3 is 10.1 Å². The number of benzene rings is 1. The van der Waals surface area contributed by atoms with Crippen molar-refractivity contribution in [1.82, 2.24) is 5.32 Å². The van der Waals surface area contributed by atoms with Crippen LogP contribution in [0.2, 0.25) is 0 Å². The summed E-state index contributed by atoms with van der Waals surface area (Å²) in [5.41, 5.74) is 0.801. The van der Waals surface area contributed by atoms with Gasteiger partial charge in [0.25, 0.3) is 0 Å². The molecule has 16 heavy (non-hydrogen) atoms. The van der Waals surface area contributed by atoms with Crippen molar-refractivity contribution in [2.24, 2.45) is 0 Å². The molecule has 1 aliphatic heterocycles. The summed E-state index contributed by atoms with van der Waals surface area (Å²) in [6.07, 6.45) is 1.77. The lowest BCUT2D eigenvalue weighted by Crippen LogP contribution is -2.38. The first-order valence-corrected chi connectivity index (χ1v) is 5.57. The van der Waals surface area contributed by atoms with Crippen LogP contribution in [0, 0.1) is 11.3 Å². The fourth-order valence-electron chi connectivity index (χ4n) is 2.23. The van der Waals surface area contributed by atoms with Crippen LogP contribution in [-0.2, 0) is 5.41 Å². The van der Waals surface area contributed by atoms with Gasteiger partial charge in [0.05, 0.1) is 18.6 Å². The van der Waals surface area contributed by atoms with Crippen LogP contribution in [0.5, 0.6) is 5.75 Å². The van der Waals surface area contributed by atoms with Crippen molar-refractivity contribution < 1.29 is 4.74 Å². The summed E-state index contributed by atoms with van der Waals surface area (Å²) >= 11 is 0. The Morgan fingerprint density at radius 3 is 2.38 bits per heavy atom. The van der Waals surface area contributed by atoms with Crippen molar-refractivity contribution in [3.8, 4) is 11.8 Å². The number of hydrogen-bond acceptors (Lipinski definition) is 3. The highest BCUT2D eigenvalue weighted by Crippen LogP contribution is 2.33. The van der Waals surface area contributed by atoms with Gasteiger partial charge in [-0.25, -0.2) is 0 Å². The maximum absolute atomic E-state index is 9.41. The molecule has 3 heteroatoms. The van der Waals surface area contributed by atoms with E-state index in [-0.39, 0.29) is 5.41 Å². The third-order valence-electron chi connectivity index (χ3n) is 3.31. The normalized spacial score (nSPS) is 18.8. The Morgan fingerprint density at radius 2 is 1.88 bits per heavy atom. The molecular weight excluding hydrogens is 200 g/mol. The molecule has 1 aromatic carbocycles. The predicted molar refractivity (Wildman–Crippen MR) is 62.4 cm³/mol. The van der Waals surface area contributed by atoms with Crippen LogP contribution in [0.4, 0.5) is 0 Å². The molecule has 1 saturated heterocycles. The minimum Gasteiger partial charge on any atom is -0.497 e. The molecule has 3 nitrogen and oxygen atoms in total. The van der Waals surface area contributed by atoms with Gasteiger partial charge in [0.15, 0.2) is 0 Å². The highest BCUT2D eigenvalue weighted by atomic mass is 16.5. The zero-order valence-electron chi connectivity index (χ0n) is 9.49. The molecule has 0 radical (unpaired) electrons. The summed E-state index contributed by atoms with van der Waals surface area (Å²) in [4.78, 5) is 0. The number of rotatable bonds is 2. The first-order valence-electron chi connectivity index (χ1n) is 5.57. The van der Waals surface area contributed by atoms with Gasteiger partial charge in [0.2, 0.25) is 0 Å². The number of hydrogen-bond donors (Lipinski definition) is 1. The summed E-state index contributed by atoms with van der Waals surface area (Å²) in [6.45, 7) is 1.83. The molecule has 1 N–H and O–H groups in total. The minimum atomic E-state index is -0.308. The lowest BCUT2D eigenvalue weighted by atomic mass is 9.74. The van der Waals surface area contributed by atoms with E-state index in [1.165, 1.54) is 0 Å². The predicted octanol–water partition coefficient (Wildman–Crippen LogP) is 1.84. The Bertz CT molecular complexity index is 385. The van der Waals surface area contributed by atoms with E-state index in [4.69, 9.17) is 4.74 Å². The molecule has 0 spiro atoms. The Labute approximate surface area is 96.0 Å². The van der Waals surface area contributed by atoms with Crippen molar-refractivity contribution in [1.29, 1.82) is 5.26 Å². The highest BCUT2D eigenvalue weighted by Gasteiger charge is 2.33. The van der Waals surface area contributed by atoms with E-state index in [9.17, 15) is 5.26 Å². The molecule has 0 amide bonds. The van der Waals surface area contributed by atoms with Gasteiger partial charge >= 0.3 is 0 Å². The molecule has 1 heterocycles. The van der Waals surface area contributed by atoms with Crippen LogP contribution in [0.15, 0.2) is 24.3 Å². The first kappa shape index (κ1) is 11.0. The smallest absolute Gasteiger partial charge is 0.118 e. The fourth-order valence-corrected chi connectivity index (χ4v) is 2.23. The molecule has 1 aromatic rings. The SMILES string of the molecule is COc1ccc(C2(C#N)CCNCC2)cc1. The number of piperidine rings is 1. The quantitative estimate of drug-likeness (QED) is 0.820. The topological polar surface area (TPSA) is 45.0 Å². The molecule has 0 aliphatic carbocycles. The van der Waals surface area contributed by atoms with E-state index in [1.54, 1.807) is 7.11 Å². The molecule has 0 saturated carbocycles. The minimum absolute atomic E-state index is 0.308. The maximum atomic E-state index is 9.41. The van der Waals surface area contributed by atoms with Crippen molar-refractivity contribution in [3.63, 3.8) is 0 Å². The summed E-state index contributed by atoms with van der Waals surface area (Å²) in [5, 5.41) is 12.7. The van der Waals surface area contributed by atoms with E-state index in [0.29, 0.717) is 0 Å². The highest BCUT2D eigenvalue weighted by molar-refractivity contribution is 5.37. The standard InChI is InChI=1S/C13H16N2O/c1-16-12-4-2-11(3-5-12)13(10-14)6-8-15-9-7-13/h2-5,15H,6-9H2,1H3. The molecule has 1 fully saturated rings. The van der Waals surface area contributed by atoms with Crippen LogP contribution < -0.4 is 10.1 Å². The summed E-state index contributed by atoms with van der Waals surface area (Å²) in [7, 11) is 1.65. The van der Waals surface area contributed by atoms with Gasteiger partial charge in [0.1, 0.15) is 5.75 Å². The number of nitriles is 1. The van der Waals surface area contributed by atoms with Gasteiger partial charge in [0, 0.05) is 0 Å². The molecule has 0 unspecified atom stereocenters. The Morgan fingerprint density at radius 1 is 1.25 bits per heavy atom. The molecule has 0 bridgehead atoms. The van der Waals surface area contributed by atoms with E-state index < -0.39 is 0 Å². The van der Waals surface area contributed by atoms with Gasteiger partial charge in [-0.3, -0.25) is 0 Å². The summed E-state index contributed by atoms with van der Waals surface area (Å²) < 4.78 is 5.13. The van der Waals surface area contributed by atoms with Crippen molar-refractivity contribution in [2.75, 3.05) is 20.2 Å². The van der Waals surface area contributed by atoms with Crippen LogP contribution in [-0.4, -0.2) is 20.2 Å². The zero-order chi connectivity index (χ0) is 11.4. The molecule has 2 rings (SSSR count). The second-order valence-corrected chi connectivity index (χ2v) is 4.17. The Kier molecular flexibility index (Phi) is 3.12. The van der Waals surface area contributed by atoms with Crippen LogP contribution in [0.1, 0.15) is 18.4 Å². The largest absolute Gasteiger partial charge is 0.497 e. The van der Waals surface area contributed by atoms with Crippen LogP contribution in [0.25, 0.3) is 0 Å². The Balaban J connectivity index is 2.29. The zero-order valence-corrected chi connectivity index (χ0v) is 9.49. The number of nitrogens with zero attached hydrogens (tertiary/aromatic N) is 1. The van der Waals surface area contributed by atoms with Gasteiger partial charge in [-0.2, -0.15) is 5.26 Å². The second kappa shape index (κ2) is 4.54. The third-order valence-corrected chi connectivity index (χ3v) is 3.31. The summed E-state index contributed by atoms with van der Waals surface area (Å²) in [6, 6.07) is 10.4. The van der Waals surface area contributed by atoms with Crippen molar-refractivity contribution in [3.05, 3.63) is 29.8 Å². The molecule has 0 atom stereocenters. The van der Waals surface area contributed by atoms with Crippen LogP contribution in [0.3, 0.4) is 0 Å². The fraction of sp³-hybridized carbons (Fsp3) is 0.462. The second-order valence-electron chi connectivity index (χ2n) is 4.17. The van der Waals surface area contributed by atoms with Crippen molar-refractivity contribution >= 4 is 0 Å². The monoisotopic (exact) mass is 216 g/mol. The van der Waals surface area contributed by atoms with Gasteiger partial charge in [-0.05, 0) is 43.6 Å². The van der Waals surface area contributed by atoms with E-state index in [2.05, 4.69) is 11.4 Å². The number of nitrogens with one attached hydrogen (secondary N) is 1. The number of ether oxygens (including phenoxy) is 1. The van der Waals surface area contributed by atoms with E-state index in [1.807, 2.05) is 24.3 Å². The van der Waals surface area contributed by atoms with Gasteiger partial charge in [-0.1, -0.05) is 12.1 Å². The molecule has 0 aromatic heterocycles. The van der Waals surface area contributed by atoms with E-state index >= 15 is 0 Å². The van der Waals surface area contributed by atoms with Crippen LogP contribution >= 0.6 is 0 Å². The third kappa shape index (κ3) is 1.89. The van der Waals surface area contributed by atoms with Gasteiger partial charge in [-0.15, -0.1) is 0 Å².